The molecule has 0 unspecified atom stereocenters. The minimum Gasteiger partial charge on any atom is -0.483 e. The van der Waals surface area contributed by atoms with E-state index in [1.165, 1.54) is 0 Å². The van der Waals surface area contributed by atoms with E-state index in [0.717, 1.165) is 24.2 Å². The first-order valence-corrected chi connectivity index (χ1v) is 8.51. The summed E-state index contributed by atoms with van der Waals surface area (Å²) in [6.45, 7) is 4.52. The third kappa shape index (κ3) is 4.30. The molecular formula is C19H23N3O3. The third-order valence-electron chi connectivity index (χ3n) is 4.31. The lowest BCUT2D eigenvalue weighted by Crippen LogP contribution is -2.32. The summed E-state index contributed by atoms with van der Waals surface area (Å²) in [5, 5.41) is 10.9. The molecule has 132 valence electrons. The first-order chi connectivity index (χ1) is 11.9. The molecule has 1 amide bonds. The van der Waals surface area contributed by atoms with Crippen LogP contribution in [0.2, 0.25) is 0 Å². The maximum absolute atomic E-state index is 12.0. The van der Waals surface area contributed by atoms with Crippen molar-refractivity contribution in [3.8, 4) is 23.8 Å². The van der Waals surface area contributed by atoms with E-state index >= 15 is 0 Å². The first-order valence-electron chi connectivity index (χ1n) is 8.51. The van der Waals surface area contributed by atoms with Crippen LogP contribution in [-0.4, -0.2) is 30.3 Å². The molecule has 1 aromatic rings. The summed E-state index contributed by atoms with van der Waals surface area (Å²) in [7, 11) is 0. The van der Waals surface area contributed by atoms with Crippen LogP contribution in [0, 0.1) is 12.3 Å². The van der Waals surface area contributed by atoms with E-state index < -0.39 is 0 Å². The zero-order chi connectivity index (χ0) is 17.9. The highest BCUT2D eigenvalue weighted by molar-refractivity contribution is 5.77. The van der Waals surface area contributed by atoms with Gasteiger partial charge in [-0.15, -0.1) is 12.3 Å². The molecule has 0 saturated carbocycles. The summed E-state index contributed by atoms with van der Waals surface area (Å²) in [5.74, 6) is 3.76. The summed E-state index contributed by atoms with van der Waals surface area (Å²) in [6, 6.07) is 5.77. The molecule has 0 spiro atoms. The number of fused-ring (bicyclic) bond motifs is 1. The Labute approximate surface area is 148 Å². The van der Waals surface area contributed by atoms with Crippen molar-refractivity contribution in [1.29, 1.82) is 0 Å². The van der Waals surface area contributed by atoms with E-state index in [1.54, 1.807) is 0 Å². The fourth-order valence-corrected chi connectivity index (χ4v) is 2.97. The number of benzene rings is 1. The maximum Gasteiger partial charge on any atom is 0.257 e. The van der Waals surface area contributed by atoms with Crippen molar-refractivity contribution in [1.82, 2.24) is 5.32 Å². The molecule has 25 heavy (non-hydrogen) atoms. The SMILES string of the molecule is C#CCCC1(CCNC(=O)COc2cccc3c2OC(C)(C)C3)N=N1. The van der Waals surface area contributed by atoms with E-state index in [-0.39, 0.29) is 23.8 Å². The van der Waals surface area contributed by atoms with E-state index in [4.69, 9.17) is 15.9 Å². The molecular weight excluding hydrogens is 318 g/mol. The Bertz CT molecular complexity index is 728. The molecule has 0 aliphatic carbocycles. The van der Waals surface area contributed by atoms with Gasteiger partial charge in [-0.2, -0.15) is 10.2 Å². The summed E-state index contributed by atoms with van der Waals surface area (Å²) in [5.41, 5.74) is 0.490. The van der Waals surface area contributed by atoms with Gasteiger partial charge >= 0.3 is 0 Å². The summed E-state index contributed by atoms with van der Waals surface area (Å²) in [4.78, 5) is 12.0. The number of rotatable bonds is 8. The zero-order valence-electron chi connectivity index (χ0n) is 14.7. The molecule has 0 aromatic heterocycles. The number of hydrogen-bond donors (Lipinski definition) is 1. The van der Waals surface area contributed by atoms with E-state index in [1.807, 2.05) is 32.0 Å². The van der Waals surface area contributed by atoms with Gasteiger partial charge in [-0.3, -0.25) is 4.79 Å². The monoisotopic (exact) mass is 341 g/mol. The van der Waals surface area contributed by atoms with Gasteiger partial charge in [-0.1, -0.05) is 12.1 Å². The molecule has 2 heterocycles. The van der Waals surface area contributed by atoms with Crippen LogP contribution in [-0.2, 0) is 11.2 Å². The van der Waals surface area contributed by atoms with Gasteiger partial charge in [0.1, 0.15) is 5.60 Å². The van der Waals surface area contributed by atoms with Crippen molar-refractivity contribution in [2.45, 2.75) is 50.8 Å². The van der Waals surface area contributed by atoms with Crippen LogP contribution in [0.1, 0.15) is 38.7 Å². The molecule has 2 aliphatic heterocycles. The van der Waals surface area contributed by atoms with Gasteiger partial charge in [0, 0.05) is 37.8 Å². The van der Waals surface area contributed by atoms with E-state index in [9.17, 15) is 4.79 Å². The number of nitrogens with zero attached hydrogens (tertiary/aromatic N) is 2. The normalized spacial score (nSPS) is 18.0. The van der Waals surface area contributed by atoms with Crippen LogP contribution in [0.4, 0.5) is 0 Å². The molecule has 0 atom stereocenters. The summed E-state index contributed by atoms with van der Waals surface area (Å²) in [6.07, 6.45) is 8.13. The summed E-state index contributed by atoms with van der Waals surface area (Å²) >= 11 is 0. The fraction of sp³-hybridized carbons (Fsp3) is 0.526. The van der Waals surface area contributed by atoms with Crippen LogP contribution >= 0.6 is 0 Å². The number of terminal acetylenes is 1. The molecule has 6 heteroatoms. The summed E-state index contributed by atoms with van der Waals surface area (Å²) < 4.78 is 11.6. The number of amides is 1. The number of nitrogens with one attached hydrogen (secondary N) is 1. The van der Waals surface area contributed by atoms with Crippen LogP contribution in [0.15, 0.2) is 28.4 Å². The smallest absolute Gasteiger partial charge is 0.257 e. The minimum absolute atomic E-state index is 0.0497. The second kappa shape index (κ2) is 6.75. The number of hydrogen-bond acceptors (Lipinski definition) is 5. The zero-order valence-corrected chi connectivity index (χ0v) is 14.7. The van der Waals surface area contributed by atoms with Gasteiger partial charge in [0.05, 0.1) is 0 Å². The van der Waals surface area contributed by atoms with Crippen molar-refractivity contribution < 1.29 is 14.3 Å². The van der Waals surface area contributed by atoms with Gasteiger partial charge < -0.3 is 14.8 Å². The van der Waals surface area contributed by atoms with Gasteiger partial charge in [-0.25, -0.2) is 0 Å². The van der Waals surface area contributed by atoms with Gasteiger partial charge in [0.2, 0.25) is 0 Å². The van der Waals surface area contributed by atoms with Gasteiger partial charge in [-0.05, 0) is 19.9 Å². The highest BCUT2D eigenvalue weighted by Gasteiger charge is 2.38. The molecule has 2 aliphatic rings. The first kappa shape index (κ1) is 17.3. The van der Waals surface area contributed by atoms with Crippen LogP contribution < -0.4 is 14.8 Å². The lowest BCUT2D eigenvalue weighted by atomic mass is 10.0. The predicted octanol–water partition coefficient (Wildman–Crippen LogP) is 2.86. The van der Waals surface area contributed by atoms with Crippen molar-refractivity contribution in [3.05, 3.63) is 23.8 Å². The van der Waals surface area contributed by atoms with Crippen molar-refractivity contribution in [2.75, 3.05) is 13.2 Å². The quantitative estimate of drug-likeness (QED) is 0.739. The number of ether oxygens (including phenoxy) is 2. The minimum atomic E-state index is -0.375. The Morgan fingerprint density at radius 2 is 2.20 bits per heavy atom. The highest BCUT2D eigenvalue weighted by atomic mass is 16.5. The Kier molecular flexibility index (Phi) is 4.67. The molecule has 1 aromatic carbocycles. The molecule has 3 rings (SSSR count). The Morgan fingerprint density at radius 1 is 1.40 bits per heavy atom. The van der Waals surface area contributed by atoms with Crippen LogP contribution in [0.3, 0.4) is 0 Å². The predicted molar refractivity (Wildman–Crippen MR) is 93.6 cm³/mol. The van der Waals surface area contributed by atoms with Gasteiger partial charge in [0.15, 0.2) is 23.8 Å². The van der Waals surface area contributed by atoms with Crippen LogP contribution in [0.5, 0.6) is 11.5 Å². The number of carbonyl (C=O) groups is 1. The molecule has 6 nitrogen and oxygen atoms in total. The fourth-order valence-electron chi connectivity index (χ4n) is 2.97. The van der Waals surface area contributed by atoms with E-state index in [0.29, 0.717) is 25.1 Å². The lowest BCUT2D eigenvalue weighted by molar-refractivity contribution is -0.123. The molecule has 0 radical (unpaired) electrons. The topological polar surface area (TPSA) is 72.3 Å². The number of carbonyl (C=O) groups excluding carboxylic acids is 1. The Hall–Kier alpha value is -2.55. The average molecular weight is 341 g/mol. The molecule has 0 bridgehead atoms. The van der Waals surface area contributed by atoms with Gasteiger partial charge in [0.25, 0.3) is 5.91 Å². The standard InChI is InChI=1S/C19H23N3O3/c1-4-5-9-19(21-22-19)10-11-20-16(23)13-24-15-8-6-7-14-12-18(2,3)25-17(14)15/h1,6-8H,5,9-13H2,2-3H3,(H,20,23). The molecule has 1 N–H and O–H groups in total. The highest BCUT2D eigenvalue weighted by Crippen LogP contribution is 2.41. The van der Waals surface area contributed by atoms with Crippen LogP contribution in [0.25, 0.3) is 0 Å². The second-order valence-corrected chi connectivity index (χ2v) is 7.06. The second-order valence-electron chi connectivity index (χ2n) is 7.06. The van der Waals surface area contributed by atoms with Crippen molar-refractivity contribution >= 4 is 5.91 Å². The molecule has 0 fully saturated rings. The average Bonchev–Trinajstić information content (AvgIpc) is 3.25. The molecule has 0 saturated heterocycles. The third-order valence-corrected chi connectivity index (χ3v) is 4.31. The largest absolute Gasteiger partial charge is 0.483 e. The Morgan fingerprint density at radius 3 is 2.92 bits per heavy atom. The van der Waals surface area contributed by atoms with Crippen molar-refractivity contribution in [2.24, 2.45) is 10.2 Å². The number of para-hydroxylation sites is 1. The van der Waals surface area contributed by atoms with Crippen molar-refractivity contribution in [3.63, 3.8) is 0 Å². The van der Waals surface area contributed by atoms with E-state index in [2.05, 4.69) is 21.5 Å². The Balaban J connectivity index is 1.43. The lowest BCUT2D eigenvalue weighted by Gasteiger charge is -2.18. The maximum atomic E-state index is 12.0.